The van der Waals surface area contributed by atoms with Gasteiger partial charge in [0.15, 0.2) is 0 Å². The highest BCUT2D eigenvalue weighted by Gasteiger charge is 2.40. The van der Waals surface area contributed by atoms with E-state index in [1.54, 1.807) is 26.0 Å². The molecule has 0 saturated carbocycles. The van der Waals surface area contributed by atoms with Crippen molar-refractivity contribution in [3.05, 3.63) is 29.3 Å². The van der Waals surface area contributed by atoms with Crippen molar-refractivity contribution in [3.63, 3.8) is 0 Å². The molecule has 7 heteroatoms. The van der Waals surface area contributed by atoms with Crippen molar-refractivity contribution in [1.82, 2.24) is 4.31 Å². The molecule has 1 N–H and O–H groups in total. The van der Waals surface area contributed by atoms with Crippen molar-refractivity contribution < 1.29 is 18.3 Å². The highest BCUT2D eigenvalue weighted by Crippen LogP contribution is 2.31. The van der Waals surface area contributed by atoms with Gasteiger partial charge in [0.2, 0.25) is 10.0 Å². The first-order chi connectivity index (χ1) is 10.3. The molecule has 0 amide bonds. The van der Waals surface area contributed by atoms with E-state index in [0.717, 1.165) is 0 Å². The van der Waals surface area contributed by atoms with Crippen LogP contribution in [0.2, 0.25) is 0 Å². The van der Waals surface area contributed by atoms with Crippen LogP contribution in [0.15, 0.2) is 23.1 Å². The molecule has 2 rings (SSSR count). The molecule has 1 saturated heterocycles. The van der Waals surface area contributed by atoms with Gasteiger partial charge in [0.05, 0.1) is 11.5 Å². The van der Waals surface area contributed by atoms with Crippen molar-refractivity contribution in [2.45, 2.75) is 37.6 Å². The minimum Gasteiger partial charge on any atom is -0.481 e. The number of carboxylic acids is 1. The van der Waals surface area contributed by atoms with Crippen LogP contribution in [-0.4, -0.2) is 36.4 Å². The lowest BCUT2D eigenvalue weighted by molar-refractivity contribution is -0.144. The van der Waals surface area contributed by atoms with E-state index < -0.39 is 28.0 Å². The van der Waals surface area contributed by atoms with Crippen LogP contribution in [0, 0.1) is 24.2 Å². The molecular weight excluding hydrogens is 304 g/mol. The van der Waals surface area contributed by atoms with E-state index >= 15 is 0 Å². The molecular formula is C15H18N2O4S. The van der Waals surface area contributed by atoms with Gasteiger partial charge in [-0.15, -0.1) is 0 Å². The SMILES string of the molecule is Cc1cccc(S(=O)(=O)N2CCC[C@@H](C(=O)O)[C@H]2C)c1C#N. The van der Waals surface area contributed by atoms with Gasteiger partial charge in [-0.1, -0.05) is 12.1 Å². The van der Waals surface area contributed by atoms with Crippen molar-refractivity contribution in [3.8, 4) is 6.07 Å². The molecule has 1 heterocycles. The Morgan fingerprint density at radius 1 is 1.45 bits per heavy atom. The van der Waals surface area contributed by atoms with Crippen LogP contribution in [0.3, 0.4) is 0 Å². The normalized spacial score (nSPS) is 23.0. The largest absolute Gasteiger partial charge is 0.481 e. The number of benzene rings is 1. The third-order valence-electron chi connectivity index (χ3n) is 4.18. The zero-order valence-corrected chi connectivity index (χ0v) is 13.3. The zero-order valence-electron chi connectivity index (χ0n) is 12.5. The Kier molecular flexibility index (Phi) is 4.54. The minimum absolute atomic E-state index is 0.0483. The van der Waals surface area contributed by atoms with Gasteiger partial charge in [-0.3, -0.25) is 4.79 Å². The highest BCUT2D eigenvalue weighted by molar-refractivity contribution is 7.89. The average Bonchev–Trinajstić information content (AvgIpc) is 2.46. The predicted molar refractivity (Wildman–Crippen MR) is 79.6 cm³/mol. The van der Waals surface area contributed by atoms with E-state index in [1.807, 2.05) is 6.07 Å². The van der Waals surface area contributed by atoms with Crippen molar-refractivity contribution in [2.24, 2.45) is 5.92 Å². The van der Waals surface area contributed by atoms with Crippen molar-refractivity contribution in [1.29, 1.82) is 5.26 Å². The standard InChI is InChI=1S/C15H18N2O4S/c1-10-5-3-7-14(13(10)9-16)22(20,21)17-8-4-6-12(11(17)2)15(18)19/h3,5,7,11-12H,4,6,8H2,1-2H3,(H,18,19)/t11-,12-/m1/s1. The summed E-state index contributed by atoms with van der Waals surface area (Å²) in [4.78, 5) is 11.2. The van der Waals surface area contributed by atoms with E-state index in [4.69, 9.17) is 0 Å². The number of carboxylic acid groups (broad SMARTS) is 1. The molecule has 0 aromatic heterocycles. The summed E-state index contributed by atoms with van der Waals surface area (Å²) in [5.74, 6) is -1.71. The first-order valence-electron chi connectivity index (χ1n) is 7.05. The third-order valence-corrected chi connectivity index (χ3v) is 6.21. The van der Waals surface area contributed by atoms with Gasteiger partial charge >= 0.3 is 5.97 Å². The second-order valence-electron chi connectivity index (χ2n) is 5.50. The van der Waals surface area contributed by atoms with E-state index in [2.05, 4.69) is 0 Å². The van der Waals surface area contributed by atoms with Crippen LogP contribution < -0.4 is 0 Å². The third kappa shape index (κ3) is 2.72. The van der Waals surface area contributed by atoms with E-state index in [0.29, 0.717) is 18.4 Å². The number of piperidine rings is 1. The Balaban J connectivity index is 2.49. The Morgan fingerprint density at radius 3 is 2.73 bits per heavy atom. The van der Waals surface area contributed by atoms with Crippen molar-refractivity contribution in [2.75, 3.05) is 6.54 Å². The Hall–Kier alpha value is -1.91. The molecule has 1 aromatic rings. The summed E-state index contributed by atoms with van der Waals surface area (Å²) in [6.45, 7) is 3.56. The monoisotopic (exact) mass is 322 g/mol. The lowest BCUT2D eigenvalue weighted by Crippen LogP contribution is -2.49. The fourth-order valence-electron chi connectivity index (χ4n) is 2.91. The molecule has 1 aromatic carbocycles. The molecule has 0 aliphatic carbocycles. The summed E-state index contributed by atoms with van der Waals surface area (Å²) in [6, 6.07) is 5.97. The molecule has 0 radical (unpaired) electrons. The number of aryl methyl sites for hydroxylation is 1. The first kappa shape index (κ1) is 16.5. The molecule has 118 valence electrons. The number of carbonyl (C=O) groups is 1. The topological polar surface area (TPSA) is 98.5 Å². The Bertz CT molecular complexity index is 736. The zero-order chi connectivity index (χ0) is 16.5. The number of sulfonamides is 1. The summed E-state index contributed by atoms with van der Waals surface area (Å²) >= 11 is 0. The minimum atomic E-state index is -3.90. The lowest BCUT2D eigenvalue weighted by Gasteiger charge is -2.36. The van der Waals surface area contributed by atoms with Crippen LogP contribution >= 0.6 is 0 Å². The molecule has 6 nitrogen and oxygen atoms in total. The van der Waals surface area contributed by atoms with Crippen LogP contribution in [0.5, 0.6) is 0 Å². The first-order valence-corrected chi connectivity index (χ1v) is 8.49. The molecule has 0 spiro atoms. The van der Waals surface area contributed by atoms with Gasteiger partial charge in [-0.2, -0.15) is 9.57 Å². The molecule has 1 aliphatic heterocycles. The number of hydrogen-bond acceptors (Lipinski definition) is 4. The molecule has 2 atom stereocenters. The molecule has 0 unspecified atom stereocenters. The van der Waals surface area contributed by atoms with Crippen molar-refractivity contribution >= 4 is 16.0 Å². The second-order valence-corrected chi connectivity index (χ2v) is 7.36. The van der Waals surface area contributed by atoms with Crippen LogP contribution in [-0.2, 0) is 14.8 Å². The second kappa shape index (κ2) is 6.07. The maximum atomic E-state index is 12.9. The van der Waals surface area contributed by atoms with Crippen LogP contribution in [0.4, 0.5) is 0 Å². The van der Waals surface area contributed by atoms with Gasteiger partial charge in [0, 0.05) is 12.6 Å². The summed E-state index contributed by atoms with van der Waals surface area (Å²) in [6.07, 6.45) is 0.954. The number of nitrogens with zero attached hydrogens (tertiary/aromatic N) is 2. The van der Waals surface area contributed by atoms with Gasteiger partial charge in [-0.05, 0) is 38.3 Å². The van der Waals surface area contributed by atoms with Gasteiger partial charge in [-0.25, -0.2) is 8.42 Å². The number of hydrogen-bond donors (Lipinski definition) is 1. The summed E-state index contributed by atoms with van der Waals surface area (Å²) < 4.78 is 27.0. The number of aliphatic carboxylic acids is 1. The van der Waals surface area contributed by atoms with Gasteiger partial charge < -0.3 is 5.11 Å². The quantitative estimate of drug-likeness (QED) is 0.914. The summed E-state index contributed by atoms with van der Waals surface area (Å²) in [5.41, 5.74) is 0.704. The van der Waals surface area contributed by atoms with Gasteiger partial charge in [0.25, 0.3) is 0 Å². The maximum Gasteiger partial charge on any atom is 0.308 e. The van der Waals surface area contributed by atoms with E-state index in [1.165, 1.54) is 10.4 Å². The Labute approximate surface area is 130 Å². The van der Waals surface area contributed by atoms with Crippen LogP contribution in [0.1, 0.15) is 30.9 Å². The molecule has 22 heavy (non-hydrogen) atoms. The van der Waals surface area contributed by atoms with Gasteiger partial charge in [0.1, 0.15) is 11.0 Å². The fourth-order valence-corrected chi connectivity index (χ4v) is 4.83. The lowest BCUT2D eigenvalue weighted by atomic mass is 9.92. The molecule has 1 fully saturated rings. The average molecular weight is 322 g/mol. The fraction of sp³-hybridized carbons (Fsp3) is 0.467. The maximum absolute atomic E-state index is 12.9. The van der Waals surface area contributed by atoms with E-state index in [-0.39, 0.29) is 17.0 Å². The Morgan fingerprint density at radius 2 is 2.14 bits per heavy atom. The summed E-state index contributed by atoms with van der Waals surface area (Å²) in [7, 11) is -3.90. The number of rotatable bonds is 3. The molecule has 0 bridgehead atoms. The summed E-state index contributed by atoms with van der Waals surface area (Å²) in [5, 5.41) is 18.5. The van der Waals surface area contributed by atoms with Crippen LogP contribution in [0.25, 0.3) is 0 Å². The molecule has 1 aliphatic rings. The predicted octanol–water partition coefficient (Wildman–Crippen LogP) is 1.74. The van der Waals surface area contributed by atoms with E-state index in [9.17, 15) is 23.6 Å². The smallest absolute Gasteiger partial charge is 0.308 e. The highest BCUT2D eigenvalue weighted by atomic mass is 32.2. The number of nitriles is 1.